The zero-order chi connectivity index (χ0) is 33.7. The molecule has 0 saturated heterocycles. The second-order valence-electron chi connectivity index (χ2n) is 12.8. The Bertz CT molecular complexity index is 2910. The van der Waals surface area contributed by atoms with Crippen LogP contribution in [-0.2, 0) is 0 Å². The molecule has 238 valence electrons. The molecule has 0 atom stereocenters. The first-order chi connectivity index (χ1) is 25.3. The van der Waals surface area contributed by atoms with Gasteiger partial charge in [-0.25, -0.2) is 15.0 Å². The number of benzene rings is 8. The van der Waals surface area contributed by atoms with Gasteiger partial charge in [0.05, 0.1) is 5.56 Å². The van der Waals surface area contributed by atoms with Crippen molar-refractivity contribution >= 4 is 43.5 Å². The smallest absolute Gasteiger partial charge is 0.167 e. The predicted molar refractivity (Wildman–Crippen MR) is 209 cm³/mol. The lowest BCUT2D eigenvalue weighted by Gasteiger charge is -2.12. The summed E-state index contributed by atoms with van der Waals surface area (Å²) in [6, 6.07) is 61.1. The Morgan fingerprint density at radius 1 is 0.333 bits per heavy atom. The zero-order valence-electron chi connectivity index (χ0n) is 27.5. The summed E-state index contributed by atoms with van der Waals surface area (Å²) in [6.07, 6.45) is 0. The van der Waals surface area contributed by atoms with Gasteiger partial charge in [0.25, 0.3) is 0 Å². The molecule has 0 aliphatic rings. The number of hydrogen-bond acceptors (Lipinski definition) is 4. The summed E-state index contributed by atoms with van der Waals surface area (Å²) in [6.45, 7) is 0. The third kappa shape index (κ3) is 5.04. The monoisotopic (exact) mass is 651 g/mol. The maximum atomic E-state index is 6.44. The van der Waals surface area contributed by atoms with Crippen LogP contribution in [0.25, 0.3) is 99.9 Å². The highest BCUT2D eigenvalue weighted by Crippen LogP contribution is 2.38. The van der Waals surface area contributed by atoms with Crippen molar-refractivity contribution in [2.24, 2.45) is 0 Å². The third-order valence-corrected chi connectivity index (χ3v) is 9.73. The highest BCUT2D eigenvalue weighted by molar-refractivity contribution is 6.14. The van der Waals surface area contributed by atoms with Crippen LogP contribution in [0.1, 0.15) is 0 Å². The first-order valence-electron chi connectivity index (χ1n) is 17.1. The minimum Gasteiger partial charge on any atom is -0.455 e. The maximum absolute atomic E-state index is 6.44. The van der Waals surface area contributed by atoms with Crippen LogP contribution in [0.3, 0.4) is 0 Å². The van der Waals surface area contributed by atoms with Crippen LogP contribution >= 0.6 is 0 Å². The lowest BCUT2D eigenvalue weighted by Crippen LogP contribution is -2.00. The Morgan fingerprint density at radius 3 is 1.80 bits per heavy atom. The van der Waals surface area contributed by atoms with Gasteiger partial charge < -0.3 is 4.42 Å². The van der Waals surface area contributed by atoms with Crippen molar-refractivity contribution in [1.29, 1.82) is 0 Å². The van der Waals surface area contributed by atoms with E-state index in [4.69, 9.17) is 19.4 Å². The molecule has 0 aliphatic carbocycles. The van der Waals surface area contributed by atoms with Crippen molar-refractivity contribution in [2.45, 2.75) is 0 Å². The summed E-state index contributed by atoms with van der Waals surface area (Å²) >= 11 is 0. The molecule has 2 aromatic heterocycles. The topological polar surface area (TPSA) is 51.8 Å². The van der Waals surface area contributed by atoms with Gasteiger partial charge in [0.2, 0.25) is 0 Å². The van der Waals surface area contributed by atoms with Crippen molar-refractivity contribution in [1.82, 2.24) is 15.0 Å². The van der Waals surface area contributed by atoms with Gasteiger partial charge in [-0.05, 0) is 62.0 Å². The molecule has 0 spiro atoms. The number of hydrogen-bond donors (Lipinski definition) is 0. The third-order valence-electron chi connectivity index (χ3n) is 9.73. The van der Waals surface area contributed by atoms with E-state index in [1.54, 1.807) is 0 Å². The van der Waals surface area contributed by atoms with Gasteiger partial charge in [-0.1, -0.05) is 158 Å². The fraction of sp³-hybridized carbons (Fsp3) is 0. The van der Waals surface area contributed by atoms with E-state index in [9.17, 15) is 0 Å². The van der Waals surface area contributed by atoms with Crippen molar-refractivity contribution in [2.75, 3.05) is 0 Å². The molecule has 4 heteroatoms. The molecule has 8 aromatic carbocycles. The van der Waals surface area contributed by atoms with Gasteiger partial charge >= 0.3 is 0 Å². The first kappa shape index (κ1) is 29.0. The standard InChI is InChI=1S/C47H29N3O/c1-2-11-30(12-3-1)35-15-8-16-36(29-35)46-48-45(49-47(50-46)41-21-10-20-40-39-18-6-7-22-42(39)51-44(40)41)34-27-24-32(25-28-34)38-19-9-14-33-26-23-31-13-4-5-17-37(31)43(33)38/h1-29H. The Balaban J connectivity index is 1.14. The fourth-order valence-electron chi connectivity index (χ4n) is 7.24. The molecule has 0 bridgehead atoms. The van der Waals surface area contributed by atoms with Crippen LogP contribution < -0.4 is 0 Å². The second-order valence-corrected chi connectivity index (χ2v) is 12.8. The summed E-state index contributed by atoms with van der Waals surface area (Å²) in [5, 5.41) is 7.06. The summed E-state index contributed by atoms with van der Waals surface area (Å²) in [4.78, 5) is 15.3. The molecule has 10 aromatic rings. The molecule has 0 radical (unpaired) electrons. The number of rotatable bonds is 5. The quantitative estimate of drug-likeness (QED) is 0.174. The van der Waals surface area contributed by atoms with Gasteiger partial charge in [-0.3, -0.25) is 0 Å². The average Bonchev–Trinajstić information content (AvgIpc) is 3.60. The molecule has 0 amide bonds. The van der Waals surface area contributed by atoms with Crippen LogP contribution in [0, 0.1) is 0 Å². The molecule has 0 fully saturated rings. The van der Waals surface area contributed by atoms with Crippen LogP contribution in [0.2, 0.25) is 0 Å². The number of para-hydroxylation sites is 2. The van der Waals surface area contributed by atoms with Gasteiger partial charge in [0.15, 0.2) is 17.5 Å². The second kappa shape index (κ2) is 11.9. The van der Waals surface area contributed by atoms with Crippen molar-refractivity contribution in [3.63, 3.8) is 0 Å². The summed E-state index contributed by atoms with van der Waals surface area (Å²) < 4.78 is 6.44. The summed E-state index contributed by atoms with van der Waals surface area (Å²) in [7, 11) is 0. The SMILES string of the molecule is c1ccc(-c2cccc(-c3nc(-c4ccc(-c5cccc6ccc7ccccc7c56)cc4)nc(-c4cccc5c4oc4ccccc45)n3)c2)cc1. The van der Waals surface area contributed by atoms with Crippen LogP contribution in [0.4, 0.5) is 0 Å². The molecule has 0 N–H and O–H groups in total. The number of aromatic nitrogens is 3. The van der Waals surface area contributed by atoms with E-state index < -0.39 is 0 Å². The van der Waals surface area contributed by atoms with Gasteiger partial charge in [-0.15, -0.1) is 0 Å². The van der Waals surface area contributed by atoms with Gasteiger partial charge in [0.1, 0.15) is 11.2 Å². The molecule has 2 heterocycles. The molecule has 4 nitrogen and oxygen atoms in total. The first-order valence-corrected chi connectivity index (χ1v) is 17.1. The summed E-state index contributed by atoms with van der Waals surface area (Å²) in [5.74, 6) is 1.77. The molecule has 0 saturated carbocycles. The van der Waals surface area contributed by atoms with Gasteiger partial charge in [0, 0.05) is 21.9 Å². The van der Waals surface area contributed by atoms with Gasteiger partial charge in [-0.2, -0.15) is 0 Å². The van der Waals surface area contributed by atoms with E-state index in [1.807, 2.05) is 36.4 Å². The van der Waals surface area contributed by atoms with E-state index >= 15 is 0 Å². The molecule has 51 heavy (non-hydrogen) atoms. The van der Waals surface area contributed by atoms with Crippen molar-refractivity contribution in [3.8, 4) is 56.4 Å². The highest BCUT2D eigenvalue weighted by atomic mass is 16.3. The molecule has 10 rings (SSSR count). The van der Waals surface area contributed by atoms with Crippen LogP contribution in [-0.4, -0.2) is 15.0 Å². The van der Waals surface area contributed by atoms with Crippen molar-refractivity contribution in [3.05, 3.63) is 176 Å². The Kier molecular flexibility index (Phi) is 6.78. The lowest BCUT2D eigenvalue weighted by atomic mass is 9.93. The molecular weight excluding hydrogens is 623 g/mol. The maximum Gasteiger partial charge on any atom is 0.167 e. The Morgan fingerprint density at radius 2 is 0.922 bits per heavy atom. The van der Waals surface area contributed by atoms with Crippen LogP contribution in [0.5, 0.6) is 0 Å². The molecule has 0 aliphatic heterocycles. The minimum atomic E-state index is 0.564. The van der Waals surface area contributed by atoms with E-state index in [0.29, 0.717) is 17.5 Å². The largest absolute Gasteiger partial charge is 0.455 e. The minimum absolute atomic E-state index is 0.564. The number of fused-ring (bicyclic) bond motifs is 6. The zero-order valence-corrected chi connectivity index (χ0v) is 27.5. The van der Waals surface area contributed by atoms with Crippen LogP contribution in [0.15, 0.2) is 180 Å². The Labute approximate surface area is 294 Å². The summed E-state index contributed by atoms with van der Waals surface area (Å²) in [5.41, 5.74) is 8.81. The van der Waals surface area contributed by atoms with E-state index in [-0.39, 0.29) is 0 Å². The number of furan rings is 1. The fourth-order valence-corrected chi connectivity index (χ4v) is 7.24. The van der Waals surface area contributed by atoms with E-state index in [2.05, 4.69) is 140 Å². The Hall–Kier alpha value is -6.91. The highest BCUT2D eigenvalue weighted by Gasteiger charge is 2.18. The van der Waals surface area contributed by atoms with E-state index in [0.717, 1.165) is 55.3 Å². The van der Waals surface area contributed by atoms with E-state index in [1.165, 1.54) is 27.1 Å². The average molecular weight is 652 g/mol. The molecular formula is C47H29N3O. The van der Waals surface area contributed by atoms with Crippen molar-refractivity contribution < 1.29 is 4.42 Å². The normalized spacial score (nSPS) is 11.5. The predicted octanol–water partition coefficient (Wildman–Crippen LogP) is 12.4. The number of nitrogens with zero attached hydrogens (tertiary/aromatic N) is 3. The molecule has 0 unspecified atom stereocenters. The lowest BCUT2D eigenvalue weighted by molar-refractivity contribution is 0.669.